The van der Waals surface area contributed by atoms with Crippen LogP contribution in [-0.4, -0.2) is 47.5 Å². The molecule has 0 spiro atoms. The number of hydrogen-bond donors (Lipinski definition) is 3. The number of rotatable bonds is 13. The van der Waals surface area contributed by atoms with E-state index >= 15 is 0 Å². The van der Waals surface area contributed by atoms with Gasteiger partial charge in [0.15, 0.2) is 0 Å². The maximum absolute atomic E-state index is 13.3. The Labute approximate surface area is 219 Å². The molecule has 2 aliphatic rings. The molecule has 200 valence electrons. The highest BCUT2D eigenvalue weighted by Gasteiger charge is 2.25. The SMILES string of the molecule is O=C1Cc2c(CCCCCN(C(=O)CCNCCc3cccc(F)c3)C3CCCCC3)ccc(O)c2N1. The van der Waals surface area contributed by atoms with E-state index in [1.165, 1.54) is 25.3 Å². The van der Waals surface area contributed by atoms with Crippen LogP contribution >= 0.6 is 0 Å². The lowest BCUT2D eigenvalue weighted by Gasteiger charge is -2.34. The van der Waals surface area contributed by atoms with Gasteiger partial charge in [-0.3, -0.25) is 9.59 Å². The Morgan fingerprint density at radius 1 is 1.05 bits per heavy atom. The first kappa shape index (κ1) is 27.1. The summed E-state index contributed by atoms with van der Waals surface area (Å²) < 4.78 is 13.3. The van der Waals surface area contributed by atoms with Crippen molar-refractivity contribution in [3.8, 4) is 5.75 Å². The third kappa shape index (κ3) is 7.78. The van der Waals surface area contributed by atoms with Crippen LogP contribution in [0.5, 0.6) is 5.75 Å². The minimum atomic E-state index is -0.213. The Kier molecular flexibility index (Phi) is 9.94. The summed E-state index contributed by atoms with van der Waals surface area (Å²) in [4.78, 5) is 27.1. The second kappa shape index (κ2) is 13.6. The van der Waals surface area contributed by atoms with Crippen molar-refractivity contribution in [2.24, 2.45) is 0 Å². The van der Waals surface area contributed by atoms with Crippen molar-refractivity contribution in [3.05, 3.63) is 58.9 Å². The van der Waals surface area contributed by atoms with E-state index in [1.807, 2.05) is 12.1 Å². The molecule has 0 unspecified atom stereocenters. The van der Waals surface area contributed by atoms with Gasteiger partial charge in [-0.25, -0.2) is 4.39 Å². The van der Waals surface area contributed by atoms with E-state index in [4.69, 9.17) is 0 Å². The number of amides is 2. The first-order chi connectivity index (χ1) is 18.0. The van der Waals surface area contributed by atoms with Crippen molar-refractivity contribution < 1.29 is 19.1 Å². The smallest absolute Gasteiger partial charge is 0.228 e. The lowest BCUT2D eigenvalue weighted by atomic mass is 9.93. The number of nitrogens with one attached hydrogen (secondary N) is 2. The van der Waals surface area contributed by atoms with Crippen molar-refractivity contribution >= 4 is 17.5 Å². The molecule has 1 saturated carbocycles. The van der Waals surface area contributed by atoms with Crippen LogP contribution in [0.15, 0.2) is 36.4 Å². The summed E-state index contributed by atoms with van der Waals surface area (Å²) in [5, 5.41) is 16.1. The molecule has 3 N–H and O–H groups in total. The van der Waals surface area contributed by atoms with E-state index in [2.05, 4.69) is 15.5 Å². The zero-order valence-electron chi connectivity index (χ0n) is 21.7. The number of carbonyl (C=O) groups is 2. The summed E-state index contributed by atoms with van der Waals surface area (Å²) in [6, 6.07) is 10.6. The monoisotopic (exact) mass is 509 g/mol. The number of benzene rings is 2. The first-order valence-corrected chi connectivity index (χ1v) is 13.9. The van der Waals surface area contributed by atoms with Crippen molar-refractivity contribution in [2.75, 3.05) is 25.0 Å². The van der Waals surface area contributed by atoms with Gasteiger partial charge < -0.3 is 20.6 Å². The average molecular weight is 510 g/mol. The molecule has 1 heterocycles. The molecule has 0 saturated heterocycles. The number of phenolic OH excluding ortho intramolecular Hbond substituents is 1. The highest BCUT2D eigenvalue weighted by molar-refractivity contribution is 6.01. The van der Waals surface area contributed by atoms with Crippen LogP contribution in [-0.2, 0) is 28.9 Å². The van der Waals surface area contributed by atoms with Crippen LogP contribution in [0.25, 0.3) is 0 Å². The molecule has 0 bridgehead atoms. The van der Waals surface area contributed by atoms with Crippen molar-refractivity contribution in [1.82, 2.24) is 10.2 Å². The Morgan fingerprint density at radius 3 is 2.70 bits per heavy atom. The lowest BCUT2D eigenvalue weighted by molar-refractivity contribution is -0.134. The minimum absolute atomic E-state index is 0.0668. The largest absolute Gasteiger partial charge is 0.506 e. The summed E-state index contributed by atoms with van der Waals surface area (Å²) in [7, 11) is 0. The van der Waals surface area contributed by atoms with Crippen LogP contribution in [0.1, 0.15) is 74.5 Å². The normalized spacial score (nSPS) is 15.4. The Morgan fingerprint density at radius 2 is 1.89 bits per heavy atom. The Hall–Kier alpha value is -2.93. The summed E-state index contributed by atoms with van der Waals surface area (Å²) in [5.41, 5.74) is 3.58. The van der Waals surface area contributed by atoms with Crippen LogP contribution in [0, 0.1) is 5.82 Å². The molecule has 37 heavy (non-hydrogen) atoms. The number of aryl methyl sites for hydroxylation is 1. The highest BCUT2D eigenvalue weighted by Crippen LogP contribution is 2.35. The number of unbranched alkanes of at least 4 members (excludes halogenated alkanes) is 2. The molecule has 2 aromatic carbocycles. The standard InChI is InChI=1S/C30H40FN3O3/c31-24-10-7-8-22(20-24)15-17-32-18-16-29(37)34(25-11-4-1-5-12-25)19-6-2-3-9-23-13-14-27(35)30-26(23)21-28(36)33-30/h7-8,10,13-14,20,25,32,35H,1-6,9,11-12,15-19,21H2,(H,33,36). The molecule has 0 radical (unpaired) electrons. The Balaban J connectivity index is 1.20. The number of hydrogen-bond acceptors (Lipinski definition) is 4. The summed E-state index contributed by atoms with van der Waals surface area (Å²) in [5.74, 6) is 0.0820. The number of phenols is 1. The average Bonchev–Trinajstić information content (AvgIpc) is 3.30. The molecule has 1 fully saturated rings. The molecule has 4 rings (SSSR count). The van der Waals surface area contributed by atoms with Gasteiger partial charge in [0.2, 0.25) is 11.8 Å². The van der Waals surface area contributed by atoms with Crippen LogP contribution < -0.4 is 10.6 Å². The zero-order chi connectivity index (χ0) is 26.0. The van der Waals surface area contributed by atoms with Crippen molar-refractivity contribution in [2.45, 2.75) is 83.1 Å². The lowest BCUT2D eigenvalue weighted by Crippen LogP contribution is -2.43. The minimum Gasteiger partial charge on any atom is -0.506 e. The first-order valence-electron chi connectivity index (χ1n) is 13.9. The third-order valence-corrected chi connectivity index (χ3v) is 7.67. The zero-order valence-corrected chi connectivity index (χ0v) is 21.7. The third-order valence-electron chi connectivity index (χ3n) is 7.67. The van der Waals surface area contributed by atoms with E-state index in [0.29, 0.717) is 31.1 Å². The van der Waals surface area contributed by atoms with Crippen LogP contribution in [0.4, 0.5) is 10.1 Å². The van der Waals surface area contributed by atoms with Gasteiger partial charge in [0.1, 0.15) is 11.6 Å². The number of nitrogens with zero attached hydrogens (tertiary/aromatic N) is 1. The second-order valence-corrected chi connectivity index (χ2v) is 10.4. The quantitative estimate of drug-likeness (QED) is 0.259. The fourth-order valence-corrected chi connectivity index (χ4v) is 5.67. The van der Waals surface area contributed by atoms with Gasteiger partial charge in [-0.1, -0.05) is 43.9 Å². The van der Waals surface area contributed by atoms with Gasteiger partial charge in [0, 0.05) is 25.6 Å². The van der Waals surface area contributed by atoms with Gasteiger partial charge in [-0.05, 0) is 80.0 Å². The molecule has 0 atom stereocenters. The fourth-order valence-electron chi connectivity index (χ4n) is 5.67. The molecular formula is C30H40FN3O3. The van der Waals surface area contributed by atoms with Gasteiger partial charge in [0.05, 0.1) is 12.1 Å². The highest BCUT2D eigenvalue weighted by atomic mass is 19.1. The van der Waals surface area contributed by atoms with Crippen LogP contribution in [0.3, 0.4) is 0 Å². The molecule has 7 heteroatoms. The van der Waals surface area contributed by atoms with E-state index in [1.54, 1.807) is 18.2 Å². The predicted octanol–water partition coefficient (Wildman–Crippen LogP) is 5.12. The number of carbonyl (C=O) groups excluding carboxylic acids is 2. The predicted molar refractivity (Wildman–Crippen MR) is 144 cm³/mol. The van der Waals surface area contributed by atoms with Gasteiger partial charge in [-0.15, -0.1) is 0 Å². The summed E-state index contributed by atoms with van der Waals surface area (Å²) in [6.45, 7) is 2.15. The van der Waals surface area contributed by atoms with E-state index < -0.39 is 0 Å². The van der Waals surface area contributed by atoms with Gasteiger partial charge >= 0.3 is 0 Å². The van der Waals surface area contributed by atoms with Crippen molar-refractivity contribution in [3.63, 3.8) is 0 Å². The summed E-state index contributed by atoms with van der Waals surface area (Å²) in [6.07, 6.45) is 11.2. The number of halogens is 1. The molecule has 2 amide bonds. The van der Waals surface area contributed by atoms with Crippen molar-refractivity contribution in [1.29, 1.82) is 0 Å². The molecular weight excluding hydrogens is 469 g/mol. The second-order valence-electron chi connectivity index (χ2n) is 10.4. The number of fused-ring (bicyclic) bond motifs is 1. The van der Waals surface area contributed by atoms with E-state index in [9.17, 15) is 19.1 Å². The molecule has 1 aliphatic carbocycles. The number of aromatic hydroxyl groups is 1. The van der Waals surface area contributed by atoms with Crippen LogP contribution in [0.2, 0.25) is 0 Å². The number of anilines is 1. The topological polar surface area (TPSA) is 81.7 Å². The maximum Gasteiger partial charge on any atom is 0.228 e. The molecule has 0 aromatic heterocycles. The molecule has 1 aliphatic heterocycles. The maximum atomic E-state index is 13.3. The molecule has 2 aromatic rings. The fraction of sp³-hybridized carbons (Fsp3) is 0.533. The summed E-state index contributed by atoms with van der Waals surface area (Å²) >= 11 is 0. The van der Waals surface area contributed by atoms with E-state index in [0.717, 1.165) is 74.7 Å². The van der Waals surface area contributed by atoms with Gasteiger partial charge in [-0.2, -0.15) is 0 Å². The van der Waals surface area contributed by atoms with Gasteiger partial charge in [0.25, 0.3) is 0 Å². The molecule has 6 nitrogen and oxygen atoms in total. The van der Waals surface area contributed by atoms with E-state index in [-0.39, 0.29) is 23.4 Å². The Bertz CT molecular complexity index is 1070.